The molecular formula is C14H13N3S. The number of nitrogens with one attached hydrogen (secondary N) is 1. The van der Waals surface area contributed by atoms with Crippen LogP contribution in [0.25, 0.3) is 10.9 Å². The smallest absolute Gasteiger partial charge is 0.0781 e. The van der Waals surface area contributed by atoms with Gasteiger partial charge in [-0.15, -0.1) is 0 Å². The van der Waals surface area contributed by atoms with Gasteiger partial charge in [-0.2, -0.15) is 0 Å². The van der Waals surface area contributed by atoms with Crippen molar-refractivity contribution in [3.05, 3.63) is 54.4 Å². The van der Waals surface area contributed by atoms with Gasteiger partial charge >= 0.3 is 0 Å². The number of rotatable bonds is 3. The van der Waals surface area contributed by atoms with E-state index in [4.69, 9.17) is 5.73 Å². The highest BCUT2D eigenvalue weighted by molar-refractivity contribution is 7.99. The molecule has 3 N–H and O–H groups in total. The Morgan fingerprint density at radius 3 is 2.78 bits per heavy atom. The van der Waals surface area contributed by atoms with Crippen LogP contribution in [-0.2, 0) is 6.54 Å². The zero-order valence-electron chi connectivity index (χ0n) is 9.76. The lowest BCUT2D eigenvalue weighted by Crippen LogP contribution is -1.98. The molecule has 2 aromatic heterocycles. The number of H-pyrrole nitrogens is 1. The molecule has 3 rings (SSSR count). The third-order valence-electron chi connectivity index (χ3n) is 2.74. The fourth-order valence-corrected chi connectivity index (χ4v) is 2.66. The molecule has 1 aromatic carbocycles. The molecule has 0 amide bonds. The number of aromatic amines is 1. The van der Waals surface area contributed by atoms with Crippen LogP contribution in [0.15, 0.2) is 58.6 Å². The quantitative estimate of drug-likeness (QED) is 0.755. The molecule has 0 aliphatic rings. The van der Waals surface area contributed by atoms with E-state index < -0.39 is 0 Å². The van der Waals surface area contributed by atoms with Gasteiger partial charge in [0, 0.05) is 28.5 Å². The molecule has 3 nitrogen and oxygen atoms in total. The average Bonchev–Trinajstić information content (AvgIpc) is 2.82. The molecule has 0 unspecified atom stereocenters. The van der Waals surface area contributed by atoms with Crippen molar-refractivity contribution in [1.82, 2.24) is 9.97 Å². The van der Waals surface area contributed by atoms with Gasteiger partial charge in [0.25, 0.3) is 0 Å². The lowest BCUT2D eigenvalue weighted by atomic mass is 10.3. The van der Waals surface area contributed by atoms with Crippen LogP contribution in [0.5, 0.6) is 0 Å². The topological polar surface area (TPSA) is 54.7 Å². The molecule has 0 bridgehead atoms. The van der Waals surface area contributed by atoms with E-state index in [0.717, 1.165) is 21.1 Å². The Bertz CT molecular complexity index is 625. The van der Waals surface area contributed by atoms with E-state index in [0.29, 0.717) is 6.54 Å². The zero-order chi connectivity index (χ0) is 12.4. The third-order valence-corrected chi connectivity index (χ3v) is 3.66. The van der Waals surface area contributed by atoms with Crippen LogP contribution >= 0.6 is 11.8 Å². The molecule has 90 valence electrons. The van der Waals surface area contributed by atoms with Gasteiger partial charge in [-0.25, -0.2) is 0 Å². The molecular weight excluding hydrogens is 242 g/mol. The Kier molecular flexibility index (Phi) is 3.04. The molecule has 18 heavy (non-hydrogen) atoms. The summed E-state index contributed by atoms with van der Waals surface area (Å²) in [5.74, 6) is 0. The number of nitrogens with two attached hydrogens (primary N) is 1. The van der Waals surface area contributed by atoms with E-state index in [2.05, 4.69) is 28.2 Å². The summed E-state index contributed by atoms with van der Waals surface area (Å²) in [6, 6.07) is 14.4. The van der Waals surface area contributed by atoms with Gasteiger partial charge < -0.3 is 10.7 Å². The summed E-state index contributed by atoms with van der Waals surface area (Å²) < 4.78 is 0. The van der Waals surface area contributed by atoms with Gasteiger partial charge in [-0.05, 0) is 24.3 Å². The lowest BCUT2D eigenvalue weighted by molar-refractivity contribution is 0.976. The SMILES string of the molecule is NCc1ccc(Sc2cc3ccccc3[nH]2)cn1. The molecule has 0 saturated carbocycles. The fraction of sp³-hybridized carbons (Fsp3) is 0.0714. The monoisotopic (exact) mass is 255 g/mol. The number of hydrogen-bond donors (Lipinski definition) is 2. The molecule has 0 radical (unpaired) electrons. The van der Waals surface area contributed by atoms with E-state index in [1.807, 2.05) is 30.5 Å². The molecule has 0 spiro atoms. The van der Waals surface area contributed by atoms with Crippen LogP contribution in [0.2, 0.25) is 0 Å². The summed E-state index contributed by atoms with van der Waals surface area (Å²) >= 11 is 1.67. The van der Waals surface area contributed by atoms with Crippen LogP contribution < -0.4 is 5.73 Å². The number of pyridine rings is 1. The Morgan fingerprint density at radius 1 is 1.17 bits per heavy atom. The highest BCUT2D eigenvalue weighted by Gasteiger charge is 2.02. The summed E-state index contributed by atoms with van der Waals surface area (Å²) in [5, 5.41) is 2.35. The number of aromatic nitrogens is 2. The van der Waals surface area contributed by atoms with Crippen LogP contribution in [0, 0.1) is 0 Å². The normalized spacial score (nSPS) is 10.9. The van der Waals surface area contributed by atoms with Crippen molar-refractivity contribution in [3.8, 4) is 0 Å². The third kappa shape index (κ3) is 2.25. The number of fused-ring (bicyclic) bond motifs is 1. The largest absolute Gasteiger partial charge is 0.349 e. The minimum absolute atomic E-state index is 0.483. The van der Waals surface area contributed by atoms with Crippen molar-refractivity contribution in [2.24, 2.45) is 5.73 Å². The van der Waals surface area contributed by atoms with Crippen molar-refractivity contribution < 1.29 is 0 Å². The molecule has 0 aliphatic carbocycles. The summed E-state index contributed by atoms with van der Waals surface area (Å²) in [6.07, 6.45) is 1.86. The van der Waals surface area contributed by atoms with Gasteiger partial charge in [0.15, 0.2) is 0 Å². The van der Waals surface area contributed by atoms with Crippen molar-refractivity contribution in [3.63, 3.8) is 0 Å². The maximum Gasteiger partial charge on any atom is 0.0781 e. The molecule has 0 fully saturated rings. The number of hydrogen-bond acceptors (Lipinski definition) is 3. The maximum atomic E-state index is 5.53. The van der Waals surface area contributed by atoms with E-state index >= 15 is 0 Å². The second kappa shape index (κ2) is 4.84. The first-order valence-electron chi connectivity index (χ1n) is 5.76. The Hall–Kier alpha value is -1.78. The van der Waals surface area contributed by atoms with E-state index in [1.54, 1.807) is 11.8 Å². The molecule has 4 heteroatoms. The van der Waals surface area contributed by atoms with Crippen molar-refractivity contribution in [2.45, 2.75) is 16.5 Å². The van der Waals surface area contributed by atoms with E-state index in [9.17, 15) is 0 Å². The summed E-state index contributed by atoms with van der Waals surface area (Å²) in [6.45, 7) is 0.483. The standard InChI is InChI=1S/C14H13N3S/c15-8-11-5-6-12(9-16-11)18-14-7-10-3-1-2-4-13(10)17-14/h1-7,9,17H,8,15H2. The average molecular weight is 255 g/mol. The molecule has 0 saturated heterocycles. The first-order valence-corrected chi connectivity index (χ1v) is 6.57. The van der Waals surface area contributed by atoms with Gasteiger partial charge in [0.2, 0.25) is 0 Å². The number of para-hydroxylation sites is 1. The molecule has 0 aliphatic heterocycles. The minimum atomic E-state index is 0.483. The Morgan fingerprint density at radius 2 is 2.06 bits per heavy atom. The van der Waals surface area contributed by atoms with Gasteiger partial charge in [-0.3, -0.25) is 4.98 Å². The fourth-order valence-electron chi connectivity index (χ4n) is 1.82. The Labute approximate surface area is 109 Å². The zero-order valence-corrected chi connectivity index (χ0v) is 10.6. The van der Waals surface area contributed by atoms with Crippen molar-refractivity contribution >= 4 is 22.7 Å². The predicted molar refractivity (Wildman–Crippen MR) is 74.6 cm³/mol. The summed E-state index contributed by atoms with van der Waals surface area (Å²) in [4.78, 5) is 8.78. The lowest BCUT2D eigenvalue weighted by Gasteiger charge is -1.99. The first kappa shape index (κ1) is 11.3. The Balaban J connectivity index is 1.86. The van der Waals surface area contributed by atoms with Gasteiger partial charge in [0.05, 0.1) is 10.7 Å². The van der Waals surface area contributed by atoms with Gasteiger partial charge in [-0.1, -0.05) is 30.0 Å². The van der Waals surface area contributed by atoms with E-state index in [-0.39, 0.29) is 0 Å². The van der Waals surface area contributed by atoms with Crippen molar-refractivity contribution in [2.75, 3.05) is 0 Å². The minimum Gasteiger partial charge on any atom is -0.349 e. The first-order chi connectivity index (χ1) is 8.85. The second-order valence-corrected chi connectivity index (χ2v) is 5.13. The van der Waals surface area contributed by atoms with Crippen molar-refractivity contribution in [1.29, 1.82) is 0 Å². The van der Waals surface area contributed by atoms with Crippen LogP contribution in [0.1, 0.15) is 5.69 Å². The molecule has 3 aromatic rings. The van der Waals surface area contributed by atoms with Crippen LogP contribution in [0.4, 0.5) is 0 Å². The van der Waals surface area contributed by atoms with Crippen LogP contribution in [0.3, 0.4) is 0 Å². The summed E-state index contributed by atoms with van der Waals surface area (Å²) in [7, 11) is 0. The number of benzene rings is 1. The summed E-state index contributed by atoms with van der Waals surface area (Å²) in [5.41, 5.74) is 7.60. The molecule has 0 atom stereocenters. The molecule has 2 heterocycles. The van der Waals surface area contributed by atoms with Gasteiger partial charge in [0.1, 0.15) is 0 Å². The van der Waals surface area contributed by atoms with Crippen LogP contribution in [-0.4, -0.2) is 9.97 Å². The van der Waals surface area contributed by atoms with E-state index in [1.165, 1.54) is 5.39 Å². The maximum absolute atomic E-state index is 5.53. The highest BCUT2D eigenvalue weighted by Crippen LogP contribution is 2.29. The number of nitrogens with zero attached hydrogens (tertiary/aromatic N) is 1. The predicted octanol–water partition coefficient (Wildman–Crippen LogP) is 3.17. The highest BCUT2D eigenvalue weighted by atomic mass is 32.2. The second-order valence-electron chi connectivity index (χ2n) is 4.01.